The van der Waals surface area contributed by atoms with Gasteiger partial charge in [0, 0.05) is 11.3 Å². The van der Waals surface area contributed by atoms with Crippen LogP contribution >= 0.6 is 11.8 Å². The molecule has 0 bridgehead atoms. The van der Waals surface area contributed by atoms with E-state index in [1.54, 1.807) is 0 Å². The monoisotopic (exact) mass is 230 g/mol. The fourth-order valence-electron chi connectivity index (χ4n) is 1.95. The number of hydrogen-bond acceptors (Lipinski definition) is 3. The van der Waals surface area contributed by atoms with Gasteiger partial charge in [-0.1, -0.05) is 13.8 Å². The van der Waals surface area contributed by atoms with Gasteiger partial charge in [-0.15, -0.1) is 0 Å². The normalized spacial score (nSPS) is 27.7. The Morgan fingerprint density at radius 3 is 2.87 bits per heavy atom. The molecule has 1 amide bonds. The smallest absolute Gasteiger partial charge is 0.237 e. The lowest BCUT2D eigenvalue weighted by Gasteiger charge is -2.16. The summed E-state index contributed by atoms with van der Waals surface area (Å²) in [4.78, 5) is 11.6. The predicted molar refractivity (Wildman–Crippen MR) is 66.0 cm³/mol. The van der Waals surface area contributed by atoms with Crippen LogP contribution in [-0.4, -0.2) is 29.0 Å². The first kappa shape index (κ1) is 12.8. The van der Waals surface area contributed by atoms with Crippen molar-refractivity contribution in [3.8, 4) is 0 Å². The van der Waals surface area contributed by atoms with Crippen LogP contribution in [0, 0.1) is 0 Å². The first-order chi connectivity index (χ1) is 7.17. The Labute approximate surface area is 96.6 Å². The quantitative estimate of drug-likeness (QED) is 0.753. The molecular formula is C11H22N2OS. The highest BCUT2D eigenvalue weighted by Gasteiger charge is 2.26. The number of carbonyl (C=O) groups is 1. The van der Waals surface area contributed by atoms with E-state index in [0.717, 1.165) is 18.1 Å². The molecule has 0 aliphatic heterocycles. The minimum atomic E-state index is -0.331. The van der Waals surface area contributed by atoms with E-state index in [4.69, 9.17) is 5.73 Å². The van der Waals surface area contributed by atoms with Crippen LogP contribution in [0.1, 0.15) is 39.5 Å². The number of rotatable bonds is 5. The molecule has 3 atom stereocenters. The second-order valence-electron chi connectivity index (χ2n) is 4.11. The van der Waals surface area contributed by atoms with Gasteiger partial charge in [0.15, 0.2) is 0 Å². The summed E-state index contributed by atoms with van der Waals surface area (Å²) >= 11 is 2.00. The average molecular weight is 230 g/mol. The van der Waals surface area contributed by atoms with Gasteiger partial charge >= 0.3 is 0 Å². The first-order valence-electron chi connectivity index (χ1n) is 5.84. The van der Waals surface area contributed by atoms with Gasteiger partial charge in [-0.25, -0.2) is 0 Å². The minimum Gasteiger partial charge on any atom is -0.352 e. The van der Waals surface area contributed by atoms with Gasteiger partial charge in [0.25, 0.3) is 0 Å². The highest BCUT2D eigenvalue weighted by Crippen LogP contribution is 2.29. The van der Waals surface area contributed by atoms with Crippen molar-refractivity contribution in [2.75, 3.05) is 5.75 Å². The molecular weight excluding hydrogens is 208 g/mol. The topological polar surface area (TPSA) is 55.1 Å². The second kappa shape index (κ2) is 6.38. The van der Waals surface area contributed by atoms with Crippen molar-refractivity contribution in [3.05, 3.63) is 0 Å². The van der Waals surface area contributed by atoms with Crippen molar-refractivity contribution < 1.29 is 4.79 Å². The summed E-state index contributed by atoms with van der Waals surface area (Å²) in [6.45, 7) is 4.12. The molecule has 0 aromatic carbocycles. The van der Waals surface area contributed by atoms with E-state index < -0.39 is 0 Å². The van der Waals surface area contributed by atoms with Crippen LogP contribution in [0.3, 0.4) is 0 Å². The van der Waals surface area contributed by atoms with Gasteiger partial charge < -0.3 is 11.1 Å². The molecule has 0 radical (unpaired) electrons. The van der Waals surface area contributed by atoms with E-state index in [1.807, 2.05) is 18.7 Å². The van der Waals surface area contributed by atoms with Gasteiger partial charge in [0.1, 0.15) is 0 Å². The van der Waals surface area contributed by atoms with Crippen LogP contribution in [0.25, 0.3) is 0 Å². The van der Waals surface area contributed by atoms with E-state index in [2.05, 4.69) is 12.2 Å². The molecule has 1 aliphatic rings. The molecule has 0 spiro atoms. The maximum atomic E-state index is 11.6. The van der Waals surface area contributed by atoms with E-state index in [9.17, 15) is 4.79 Å². The van der Waals surface area contributed by atoms with Crippen LogP contribution in [0.4, 0.5) is 0 Å². The number of nitrogens with one attached hydrogen (secondary N) is 1. The molecule has 1 aliphatic carbocycles. The number of hydrogen-bond donors (Lipinski definition) is 2. The van der Waals surface area contributed by atoms with Crippen molar-refractivity contribution in [2.24, 2.45) is 5.73 Å². The summed E-state index contributed by atoms with van der Waals surface area (Å²) in [6.07, 6.45) is 4.16. The lowest BCUT2D eigenvalue weighted by Crippen LogP contribution is -2.44. The average Bonchev–Trinajstić information content (AvgIpc) is 2.65. The molecule has 1 saturated carbocycles. The Hall–Kier alpha value is -0.220. The predicted octanol–water partition coefficient (Wildman–Crippen LogP) is 1.51. The molecule has 88 valence electrons. The second-order valence-corrected chi connectivity index (χ2v) is 5.69. The zero-order valence-corrected chi connectivity index (χ0v) is 10.5. The summed E-state index contributed by atoms with van der Waals surface area (Å²) < 4.78 is 0. The van der Waals surface area contributed by atoms with Crippen LogP contribution in [0.5, 0.6) is 0 Å². The Morgan fingerprint density at radius 1 is 1.53 bits per heavy atom. The maximum absolute atomic E-state index is 11.6. The molecule has 2 unspecified atom stereocenters. The summed E-state index contributed by atoms with van der Waals surface area (Å²) in [6, 6.07) is 0.0297. The van der Waals surface area contributed by atoms with Gasteiger partial charge in [-0.3, -0.25) is 4.79 Å². The summed E-state index contributed by atoms with van der Waals surface area (Å²) in [5, 5.41) is 3.78. The molecule has 3 N–H and O–H groups in total. The summed E-state index contributed by atoms with van der Waals surface area (Å²) in [5.74, 6) is 1.18. The Morgan fingerprint density at radius 2 is 2.27 bits per heavy atom. The minimum absolute atomic E-state index is 0.0182. The first-order valence-corrected chi connectivity index (χ1v) is 6.89. The van der Waals surface area contributed by atoms with Crippen LogP contribution in [0.15, 0.2) is 0 Å². The molecule has 1 fully saturated rings. The van der Waals surface area contributed by atoms with Crippen LogP contribution in [-0.2, 0) is 4.79 Å². The third-order valence-corrected chi connectivity index (χ3v) is 4.14. The van der Waals surface area contributed by atoms with Gasteiger partial charge in [0.05, 0.1) is 6.04 Å². The molecule has 3 nitrogen and oxygen atoms in total. The number of amides is 1. The SMILES string of the molecule is CCSC1CCC(NC(=O)[C@H](N)CC)C1. The van der Waals surface area contributed by atoms with Crippen LogP contribution < -0.4 is 11.1 Å². The summed E-state index contributed by atoms with van der Waals surface area (Å²) in [5.41, 5.74) is 5.67. The number of thioether (sulfide) groups is 1. The molecule has 0 saturated heterocycles. The van der Waals surface area contributed by atoms with Gasteiger partial charge in [-0.2, -0.15) is 11.8 Å². The highest BCUT2D eigenvalue weighted by atomic mass is 32.2. The highest BCUT2D eigenvalue weighted by molar-refractivity contribution is 7.99. The standard InChI is InChI=1S/C11H22N2OS/c1-3-10(12)11(14)13-8-5-6-9(7-8)15-4-2/h8-10H,3-7,12H2,1-2H3,(H,13,14)/t8?,9?,10-/m1/s1. The molecule has 0 heterocycles. The van der Waals surface area contributed by atoms with Crippen molar-refractivity contribution in [2.45, 2.75) is 56.9 Å². The lowest BCUT2D eigenvalue weighted by molar-refractivity contribution is -0.123. The lowest BCUT2D eigenvalue weighted by atomic mass is 10.2. The zero-order chi connectivity index (χ0) is 11.3. The van der Waals surface area contributed by atoms with E-state index in [-0.39, 0.29) is 11.9 Å². The molecule has 1 rings (SSSR count). The number of nitrogens with two attached hydrogens (primary N) is 1. The molecule has 15 heavy (non-hydrogen) atoms. The van der Waals surface area contributed by atoms with E-state index in [0.29, 0.717) is 12.5 Å². The molecule has 0 aromatic heterocycles. The Kier molecular flexibility index (Phi) is 5.47. The molecule has 0 aromatic rings. The van der Waals surface area contributed by atoms with Crippen molar-refractivity contribution in [1.29, 1.82) is 0 Å². The Bertz CT molecular complexity index is 211. The zero-order valence-electron chi connectivity index (χ0n) is 9.66. The Balaban J connectivity index is 2.26. The summed E-state index contributed by atoms with van der Waals surface area (Å²) in [7, 11) is 0. The maximum Gasteiger partial charge on any atom is 0.237 e. The fourth-order valence-corrected chi connectivity index (χ4v) is 3.09. The third-order valence-electron chi connectivity index (χ3n) is 2.91. The van der Waals surface area contributed by atoms with Crippen molar-refractivity contribution >= 4 is 17.7 Å². The van der Waals surface area contributed by atoms with E-state index in [1.165, 1.54) is 12.2 Å². The molecule has 4 heteroatoms. The van der Waals surface area contributed by atoms with Crippen molar-refractivity contribution in [1.82, 2.24) is 5.32 Å². The largest absolute Gasteiger partial charge is 0.352 e. The van der Waals surface area contributed by atoms with Gasteiger partial charge in [0.2, 0.25) is 5.91 Å². The number of carbonyl (C=O) groups excluding carboxylic acids is 1. The third kappa shape index (κ3) is 4.03. The van der Waals surface area contributed by atoms with Crippen LogP contribution in [0.2, 0.25) is 0 Å². The fraction of sp³-hybridized carbons (Fsp3) is 0.909. The van der Waals surface area contributed by atoms with Crippen molar-refractivity contribution in [3.63, 3.8) is 0 Å². The van der Waals surface area contributed by atoms with Gasteiger partial charge in [-0.05, 0) is 31.4 Å². The van der Waals surface area contributed by atoms with E-state index >= 15 is 0 Å².